The first-order valence-corrected chi connectivity index (χ1v) is 10.6. The lowest BCUT2D eigenvalue weighted by Gasteiger charge is -2.15. The molecule has 2 aromatic rings. The van der Waals surface area contributed by atoms with Crippen LogP contribution in [0.3, 0.4) is 0 Å². The van der Waals surface area contributed by atoms with Gasteiger partial charge in [0.05, 0.1) is 36.8 Å². The van der Waals surface area contributed by atoms with Crippen LogP contribution in [0.5, 0.6) is 0 Å². The van der Waals surface area contributed by atoms with E-state index in [9.17, 15) is 20.1 Å². The van der Waals surface area contributed by atoms with E-state index < -0.39 is 18.3 Å². The number of carbonyl (C=O) groups is 1. The summed E-state index contributed by atoms with van der Waals surface area (Å²) >= 11 is 0. The molecule has 1 heterocycles. The summed E-state index contributed by atoms with van der Waals surface area (Å²) in [7, 11) is 1.32. The molecule has 0 saturated carbocycles. The minimum absolute atomic E-state index is 0.204. The number of benzene rings is 1. The molecule has 6 heteroatoms. The van der Waals surface area contributed by atoms with E-state index in [4.69, 9.17) is 0 Å². The standard InChI is InChI=1S/C24H33NO5/c1-3-4-5-11-22(28)24-19-10-7-6-9-17(19)16-18(25-24)14-15-21(27)20(26)12-8-13-23(29)30-2/h6-7,9-10,14-16,20-22,26-28H,3-5,8,11-13H2,1-2H3/b15-14+/t20-,21+,22+/m0/s1. The molecule has 0 unspecified atom stereocenters. The Hall–Kier alpha value is -2.28. The first-order chi connectivity index (χ1) is 14.5. The van der Waals surface area contributed by atoms with Crippen LogP contribution in [-0.4, -0.2) is 45.6 Å². The molecule has 1 aromatic heterocycles. The van der Waals surface area contributed by atoms with E-state index in [0.717, 1.165) is 30.0 Å². The molecule has 0 aliphatic rings. The molecular formula is C24H33NO5. The third-order valence-corrected chi connectivity index (χ3v) is 5.15. The Labute approximate surface area is 178 Å². The van der Waals surface area contributed by atoms with Crippen molar-refractivity contribution in [2.75, 3.05) is 7.11 Å². The zero-order valence-electron chi connectivity index (χ0n) is 17.8. The molecule has 0 amide bonds. The van der Waals surface area contributed by atoms with E-state index in [2.05, 4.69) is 16.6 Å². The summed E-state index contributed by atoms with van der Waals surface area (Å²) in [6, 6.07) is 9.67. The second-order valence-electron chi connectivity index (χ2n) is 7.55. The number of carbonyl (C=O) groups excluding carboxylic acids is 1. The van der Waals surface area contributed by atoms with Crippen molar-refractivity contribution >= 4 is 22.8 Å². The van der Waals surface area contributed by atoms with Gasteiger partial charge >= 0.3 is 5.97 Å². The molecule has 3 N–H and O–H groups in total. The van der Waals surface area contributed by atoms with Gasteiger partial charge in [-0.3, -0.25) is 9.78 Å². The predicted molar refractivity (Wildman–Crippen MR) is 118 cm³/mol. The maximum absolute atomic E-state index is 11.1. The van der Waals surface area contributed by atoms with Gasteiger partial charge < -0.3 is 20.1 Å². The number of unbranched alkanes of at least 4 members (excludes halogenated alkanes) is 2. The maximum atomic E-state index is 11.1. The van der Waals surface area contributed by atoms with Crippen molar-refractivity contribution in [2.24, 2.45) is 0 Å². The molecule has 0 aliphatic heterocycles. The van der Waals surface area contributed by atoms with Crippen LogP contribution in [0.4, 0.5) is 0 Å². The smallest absolute Gasteiger partial charge is 0.305 e. The van der Waals surface area contributed by atoms with Gasteiger partial charge in [-0.2, -0.15) is 0 Å². The number of hydrogen-bond acceptors (Lipinski definition) is 6. The van der Waals surface area contributed by atoms with Gasteiger partial charge in [0.15, 0.2) is 0 Å². The molecule has 0 bridgehead atoms. The number of aliphatic hydroxyl groups excluding tert-OH is 3. The Balaban J connectivity index is 2.11. The molecule has 1 aromatic carbocycles. The highest BCUT2D eigenvalue weighted by molar-refractivity contribution is 5.86. The second kappa shape index (κ2) is 12.4. The largest absolute Gasteiger partial charge is 0.469 e. The molecule has 0 saturated heterocycles. The second-order valence-corrected chi connectivity index (χ2v) is 7.55. The fraction of sp³-hybridized carbons (Fsp3) is 0.500. The fourth-order valence-electron chi connectivity index (χ4n) is 3.36. The van der Waals surface area contributed by atoms with Gasteiger partial charge in [0, 0.05) is 11.8 Å². The van der Waals surface area contributed by atoms with Gasteiger partial charge in [-0.1, -0.05) is 56.5 Å². The van der Waals surface area contributed by atoms with Crippen molar-refractivity contribution in [3.8, 4) is 0 Å². The average molecular weight is 416 g/mol. The summed E-state index contributed by atoms with van der Waals surface area (Å²) in [5.41, 5.74) is 1.25. The van der Waals surface area contributed by atoms with Crippen LogP contribution in [0.1, 0.15) is 69.4 Å². The molecule has 30 heavy (non-hydrogen) atoms. The summed E-state index contributed by atoms with van der Waals surface area (Å²) in [6.45, 7) is 2.13. The summed E-state index contributed by atoms with van der Waals surface area (Å²) in [5, 5.41) is 32.9. The predicted octanol–water partition coefficient (Wildman–Crippen LogP) is 3.93. The number of aliphatic hydroxyl groups is 3. The summed E-state index contributed by atoms with van der Waals surface area (Å²) < 4.78 is 4.57. The number of esters is 1. The SMILES string of the molecule is CCCCC[C@@H](O)c1nc(/C=C/[C@@H](O)[C@@H](O)CCCC(=O)OC)cc2ccccc12. The van der Waals surface area contributed by atoms with E-state index in [1.165, 1.54) is 13.2 Å². The lowest BCUT2D eigenvalue weighted by atomic mass is 10.0. The van der Waals surface area contributed by atoms with Crippen molar-refractivity contribution < 1.29 is 24.9 Å². The van der Waals surface area contributed by atoms with E-state index in [1.807, 2.05) is 30.3 Å². The van der Waals surface area contributed by atoms with Gasteiger partial charge in [0.25, 0.3) is 0 Å². The van der Waals surface area contributed by atoms with E-state index >= 15 is 0 Å². The Kier molecular flexibility index (Phi) is 9.94. The minimum atomic E-state index is -1.08. The Bertz CT molecular complexity index is 835. The molecule has 0 radical (unpaired) electrons. The third kappa shape index (κ3) is 7.20. The molecule has 6 nitrogen and oxygen atoms in total. The zero-order chi connectivity index (χ0) is 21.9. The summed E-state index contributed by atoms with van der Waals surface area (Å²) in [5.74, 6) is -0.336. The molecular weight excluding hydrogens is 382 g/mol. The van der Waals surface area contributed by atoms with Crippen molar-refractivity contribution in [1.29, 1.82) is 0 Å². The molecule has 2 rings (SSSR count). The van der Waals surface area contributed by atoms with Crippen molar-refractivity contribution in [3.63, 3.8) is 0 Å². The third-order valence-electron chi connectivity index (χ3n) is 5.15. The van der Waals surface area contributed by atoms with Gasteiger partial charge in [0.2, 0.25) is 0 Å². The van der Waals surface area contributed by atoms with Crippen molar-refractivity contribution in [1.82, 2.24) is 4.98 Å². The Morgan fingerprint density at radius 3 is 2.63 bits per heavy atom. The number of ether oxygens (including phenoxy) is 1. The minimum Gasteiger partial charge on any atom is -0.469 e. The lowest BCUT2D eigenvalue weighted by Crippen LogP contribution is -2.23. The van der Waals surface area contributed by atoms with E-state index in [0.29, 0.717) is 24.2 Å². The number of rotatable bonds is 12. The van der Waals surface area contributed by atoms with Crippen LogP contribution in [0, 0.1) is 0 Å². The molecule has 0 spiro atoms. The molecule has 164 valence electrons. The van der Waals surface area contributed by atoms with Crippen LogP contribution >= 0.6 is 0 Å². The quantitative estimate of drug-likeness (QED) is 0.359. The summed E-state index contributed by atoms with van der Waals surface area (Å²) in [4.78, 5) is 15.8. The Morgan fingerprint density at radius 1 is 1.13 bits per heavy atom. The number of nitrogens with zero attached hydrogens (tertiary/aromatic N) is 1. The van der Waals surface area contributed by atoms with Crippen LogP contribution < -0.4 is 0 Å². The van der Waals surface area contributed by atoms with Gasteiger partial charge in [0.1, 0.15) is 0 Å². The number of fused-ring (bicyclic) bond motifs is 1. The lowest BCUT2D eigenvalue weighted by molar-refractivity contribution is -0.140. The highest BCUT2D eigenvalue weighted by atomic mass is 16.5. The Morgan fingerprint density at radius 2 is 1.90 bits per heavy atom. The first kappa shape index (κ1) is 24.0. The number of aromatic nitrogens is 1. The first-order valence-electron chi connectivity index (χ1n) is 10.6. The van der Waals surface area contributed by atoms with E-state index in [-0.39, 0.29) is 18.8 Å². The highest BCUT2D eigenvalue weighted by Crippen LogP contribution is 2.27. The molecule has 0 fully saturated rings. The average Bonchev–Trinajstić information content (AvgIpc) is 2.76. The van der Waals surface area contributed by atoms with Crippen molar-refractivity contribution in [2.45, 2.75) is 70.2 Å². The zero-order valence-corrected chi connectivity index (χ0v) is 17.8. The maximum Gasteiger partial charge on any atom is 0.305 e. The normalized spacial score (nSPS) is 14.7. The fourth-order valence-corrected chi connectivity index (χ4v) is 3.36. The number of hydrogen-bond donors (Lipinski definition) is 3. The van der Waals surface area contributed by atoms with Crippen LogP contribution in [0.15, 0.2) is 36.4 Å². The topological polar surface area (TPSA) is 99.9 Å². The van der Waals surface area contributed by atoms with Gasteiger partial charge in [-0.15, -0.1) is 0 Å². The number of methoxy groups -OCH3 is 1. The molecule has 0 aliphatic carbocycles. The van der Waals surface area contributed by atoms with Gasteiger partial charge in [-0.25, -0.2) is 0 Å². The monoisotopic (exact) mass is 415 g/mol. The summed E-state index contributed by atoms with van der Waals surface area (Å²) in [6.07, 6.45) is 5.10. The highest BCUT2D eigenvalue weighted by Gasteiger charge is 2.16. The van der Waals surface area contributed by atoms with Crippen LogP contribution in [0.2, 0.25) is 0 Å². The van der Waals surface area contributed by atoms with Crippen LogP contribution in [-0.2, 0) is 9.53 Å². The number of pyridine rings is 1. The van der Waals surface area contributed by atoms with Crippen molar-refractivity contribution in [3.05, 3.63) is 47.8 Å². The molecule has 3 atom stereocenters. The van der Waals surface area contributed by atoms with Gasteiger partial charge in [-0.05, 0) is 36.8 Å². The van der Waals surface area contributed by atoms with E-state index in [1.54, 1.807) is 6.08 Å². The van der Waals surface area contributed by atoms with Crippen LogP contribution in [0.25, 0.3) is 16.8 Å².